The summed E-state index contributed by atoms with van der Waals surface area (Å²) in [6.45, 7) is 0. The maximum absolute atomic E-state index is 13.0. The highest BCUT2D eigenvalue weighted by Gasteiger charge is 2.14. The summed E-state index contributed by atoms with van der Waals surface area (Å²) in [6, 6.07) is 22.4. The van der Waals surface area contributed by atoms with Crippen LogP contribution in [0.2, 0.25) is 0 Å². The van der Waals surface area contributed by atoms with Crippen LogP contribution in [0.15, 0.2) is 88.8 Å². The smallest absolute Gasteiger partial charge is 0.267 e. The summed E-state index contributed by atoms with van der Waals surface area (Å²) in [6.07, 6.45) is 1.31. The number of benzene rings is 3. The van der Waals surface area contributed by atoms with Crippen molar-refractivity contribution in [3.8, 4) is 11.4 Å². The van der Waals surface area contributed by atoms with Crippen LogP contribution in [-0.4, -0.2) is 20.8 Å². The van der Waals surface area contributed by atoms with Crippen LogP contribution in [0.25, 0.3) is 22.3 Å². The largest absolute Gasteiger partial charge is 0.282 e. The van der Waals surface area contributed by atoms with E-state index in [1.54, 1.807) is 36.4 Å². The quantitative estimate of drug-likeness (QED) is 0.310. The van der Waals surface area contributed by atoms with Gasteiger partial charge in [-0.15, -0.1) is 0 Å². The van der Waals surface area contributed by atoms with Gasteiger partial charge in [-0.2, -0.15) is 9.78 Å². The van der Waals surface area contributed by atoms with Crippen LogP contribution in [0.5, 0.6) is 0 Å². The van der Waals surface area contributed by atoms with E-state index in [-0.39, 0.29) is 11.2 Å². The monoisotopic (exact) mass is 370 g/mol. The van der Waals surface area contributed by atoms with E-state index in [0.29, 0.717) is 27.9 Å². The first-order chi connectivity index (χ1) is 13.6. The fourth-order valence-corrected chi connectivity index (χ4v) is 2.89. The zero-order valence-electron chi connectivity index (χ0n) is 14.6. The van der Waals surface area contributed by atoms with E-state index in [1.807, 2.05) is 36.4 Å². The topological polar surface area (TPSA) is 90.4 Å². The Morgan fingerprint density at radius 3 is 2.39 bits per heavy atom. The Morgan fingerprint density at radius 1 is 0.929 bits per heavy atom. The third kappa shape index (κ3) is 3.16. The molecule has 4 rings (SSSR count). The molecule has 7 nitrogen and oxygen atoms in total. The second-order valence-electron chi connectivity index (χ2n) is 6.00. The first-order valence-electron chi connectivity index (χ1n) is 8.50. The Labute approximate surface area is 159 Å². The molecule has 3 aromatic carbocycles. The van der Waals surface area contributed by atoms with Crippen LogP contribution in [0.4, 0.5) is 5.69 Å². The van der Waals surface area contributed by atoms with E-state index in [2.05, 4.69) is 10.1 Å². The maximum atomic E-state index is 13.0. The number of nitro benzene ring substituents is 1. The minimum absolute atomic E-state index is 0.0886. The van der Waals surface area contributed by atoms with Gasteiger partial charge < -0.3 is 0 Å². The van der Waals surface area contributed by atoms with Crippen molar-refractivity contribution in [1.82, 2.24) is 9.66 Å². The van der Waals surface area contributed by atoms with Crippen LogP contribution in [0.1, 0.15) is 5.56 Å². The van der Waals surface area contributed by atoms with Crippen LogP contribution in [0, 0.1) is 10.1 Å². The number of nitrogens with zero attached hydrogens (tertiary/aromatic N) is 4. The maximum Gasteiger partial charge on any atom is 0.282 e. The number of para-hydroxylation sites is 2. The lowest BCUT2D eigenvalue weighted by Gasteiger charge is -2.09. The Morgan fingerprint density at radius 2 is 1.61 bits per heavy atom. The zero-order valence-corrected chi connectivity index (χ0v) is 14.6. The lowest BCUT2D eigenvalue weighted by atomic mass is 10.2. The molecule has 28 heavy (non-hydrogen) atoms. The molecule has 0 aliphatic carbocycles. The van der Waals surface area contributed by atoms with Crippen molar-refractivity contribution < 1.29 is 4.92 Å². The Balaban J connectivity index is 1.95. The van der Waals surface area contributed by atoms with Crippen molar-refractivity contribution in [2.45, 2.75) is 0 Å². The molecule has 1 heterocycles. The first-order valence-corrected chi connectivity index (χ1v) is 8.50. The first kappa shape index (κ1) is 17.3. The van der Waals surface area contributed by atoms with Gasteiger partial charge in [0.2, 0.25) is 0 Å². The minimum Gasteiger partial charge on any atom is -0.267 e. The van der Waals surface area contributed by atoms with Crippen LogP contribution in [0.3, 0.4) is 0 Å². The second kappa shape index (κ2) is 7.24. The highest BCUT2D eigenvalue weighted by molar-refractivity contribution is 5.85. The molecule has 0 radical (unpaired) electrons. The number of rotatable bonds is 4. The van der Waals surface area contributed by atoms with Gasteiger partial charge >= 0.3 is 0 Å². The van der Waals surface area contributed by atoms with E-state index < -0.39 is 4.92 Å². The van der Waals surface area contributed by atoms with E-state index in [4.69, 9.17) is 0 Å². The van der Waals surface area contributed by atoms with E-state index >= 15 is 0 Å². The molecular formula is C21H14N4O3. The van der Waals surface area contributed by atoms with Crippen molar-refractivity contribution >= 4 is 22.8 Å². The molecule has 0 saturated carbocycles. The van der Waals surface area contributed by atoms with Gasteiger partial charge in [-0.3, -0.25) is 14.9 Å². The molecule has 0 bridgehead atoms. The van der Waals surface area contributed by atoms with Crippen LogP contribution >= 0.6 is 0 Å². The van der Waals surface area contributed by atoms with Gasteiger partial charge in [0.1, 0.15) is 0 Å². The molecule has 1 aromatic heterocycles. The van der Waals surface area contributed by atoms with Gasteiger partial charge in [0.25, 0.3) is 11.2 Å². The summed E-state index contributed by atoms with van der Waals surface area (Å²) in [5.74, 6) is 0.360. The molecule has 4 aromatic rings. The van der Waals surface area contributed by atoms with Gasteiger partial charge in [0.05, 0.1) is 27.6 Å². The summed E-state index contributed by atoms with van der Waals surface area (Å²) in [4.78, 5) is 28.4. The summed E-state index contributed by atoms with van der Waals surface area (Å²) in [5.41, 5.74) is 1.13. The molecule has 0 unspecified atom stereocenters. The summed E-state index contributed by atoms with van der Waals surface area (Å²) >= 11 is 0. The molecule has 0 saturated heterocycles. The SMILES string of the molecule is O=c1c2ccccc2nc(-c2ccccc2)n1/N=C/c1ccccc1[N+](=O)[O-]. The molecule has 0 N–H and O–H groups in total. The average molecular weight is 370 g/mol. The van der Waals surface area contributed by atoms with Crippen molar-refractivity contribution in [1.29, 1.82) is 0 Å². The molecule has 0 atom stereocenters. The zero-order chi connectivity index (χ0) is 19.5. The lowest BCUT2D eigenvalue weighted by molar-refractivity contribution is -0.385. The normalized spacial score (nSPS) is 11.1. The lowest BCUT2D eigenvalue weighted by Crippen LogP contribution is -2.20. The van der Waals surface area contributed by atoms with Crippen molar-refractivity contribution in [3.05, 3.63) is 105 Å². The second-order valence-corrected chi connectivity index (χ2v) is 6.00. The number of hydrogen-bond acceptors (Lipinski definition) is 5. The molecule has 136 valence electrons. The molecule has 0 spiro atoms. The third-order valence-electron chi connectivity index (χ3n) is 4.23. The van der Waals surface area contributed by atoms with Crippen LogP contribution < -0.4 is 5.56 Å². The highest BCUT2D eigenvalue weighted by atomic mass is 16.6. The molecule has 0 aliphatic heterocycles. The average Bonchev–Trinajstić information content (AvgIpc) is 2.74. The third-order valence-corrected chi connectivity index (χ3v) is 4.23. The standard InChI is InChI=1S/C21H14N4O3/c26-21-17-11-5-6-12-18(17)23-20(15-8-2-1-3-9-15)24(21)22-14-16-10-4-7-13-19(16)25(27)28/h1-14H/b22-14+. The molecule has 0 aliphatic rings. The van der Waals surface area contributed by atoms with Crippen LogP contribution in [-0.2, 0) is 0 Å². The fraction of sp³-hybridized carbons (Fsp3) is 0. The number of aromatic nitrogens is 2. The minimum atomic E-state index is -0.485. The predicted molar refractivity (Wildman–Crippen MR) is 108 cm³/mol. The summed E-state index contributed by atoms with van der Waals surface area (Å²) in [5, 5.41) is 15.9. The summed E-state index contributed by atoms with van der Waals surface area (Å²) < 4.78 is 1.17. The molecule has 0 fully saturated rings. The molecular weight excluding hydrogens is 356 g/mol. The Bertz CT molecular complexity index is 1260. The number of hydrogen-bond donors (Lipinski definition) is 0. The Hall–Kier alpha value is -4.13. The van der Waals surface area contributed by atoms with Crippen molar-refractivity contribution in [2.24, 2.45) is 5.10 Å². The van der Waals surface area contributed by atoms with E-state index in [1.165, 1.54) is 17.0 Å². The van der Waals surface area contributed by atoms with Gasteiger partial charge in [-0.25, -0.2) is 4.98 Å². The number of nitro groups is 1. The van der Waals surface area contributed by atoms with Gasteiger partial charge in [-0.05, 0) is 18.2 Å². The van der Waals surface area contributed by atoms with E-state index in [9.17, 15) is 14.9 Å². The summed E-state index contributed by atoms with van der Waals surface area (Å²) in [7, 11) is 0. The van der Waals surface area contributed by atoms with Crippen molar-refractivity contribution in [2.75, 3.05) is 0 Å². The van der Waals surface area contributed by atoms with E-state index in [0.717, 1.165) is 0 Å². The predicted octanol–water partition coefficient (Wildman–Crippen LogP) is 3.85. The molecule has 7 heteroatoms. The van der Waals surface area contributed by atoms with Gasteiger partial charge in [-0.1, -0.05) is 54.6 Å². The Kier molecular flexibility index (Phi) is 4.47. The molecule has 0 amide bonds. The fourth-order valence-electron chi connectivity index (χ4n) is 2.89. The van der Waals surface area contributed by atoms with Crippen molar-refractivity contribution in [3.63, 3.8) is 0 Å². The van der Waals surface area contributed by atoms with Gasteiger partial charge in [0, 0.05) is 11.6 Å². The highest BCUT2D eigenvalue weighted by Crippen LogP contribution is 2.19. The number of fused-ring (bicyclic) bond motifs is 1. The van der Waals surface area contributed by atoms with Gasteiger partial charge in [0.15, 0.2) is 5.82 Å².